The van der Waals surface area contributed by atoms with Crippen molar-refractivity contribution < 1.29 is 13.6 Å². The molecule has 0 unspecified atom stereocenters. The number of aromatic nitrogens is 1. The summed E-state index contributed by atoms with van der Waals surface area (Å²) in [6.07, 6.45) is 3.25. The van der Waals surface area contributed by atoms with Gasteiger partial charge in [-0.2, -0.15) is 0 Å². The first kappa shape index (κ1) is 15.0. The summed E-state index contributed by atoms with van der Waals surface area (Å²) in [5.41, 5.74) is 1.06. The molecule has 0 fully saturated rings. The van der Waals surface area contributed by atoms with Gasteiger partial charge in [0.1, 0.15) is 11.6 Å². The van der Waals surface area contributed by atoms with Crippen LogP contribution in [0.4, 0.5) is 10.1 Å². The van der Waals surface area contributed by atoms with E-state index in [0.29, 0.717) is 17.9 Å². The summed E-state index contributed by atoms with van der Waals surface area (Å²) in [5.74, 6) is -0.164. The molecule has 4 nitrogen and oxygen atoms in total. The second-order valence-corrected chi connectivity index (χ2v) is 4.90. The van der Waals surface area contributed by atoms with Crippen molar-refractivity contribution in [3.63, 3.8) is 0 Å². The van der Waals surface area contributed by atoms with Gasteiger partial charge in [-0.1, -0.05) is 12.1 Å². The van der Waals surface area contributed by atoms with Crippen LogP contribution in [0.1, 0.15) is 17.5 Å². The van der Waals surface area contributed by atoms with Gasteiger partial charge in [-0.25, -0.2) is 4.39 Å². The maximum atomic E-state index is 13.8. The van der Waals surface area contributed by atoms with E-state index < -0.39 is 0 Å². The van der Waals surface area contributed by atoms with E-state index in [2.05, 4.69) is 4.98 Å². The molecule has 0 bridgehead atoms. The molecule has 0 saturated heterocycles. The Kier molecular flexibility index (Phi) is 4.19. The number of anilines is 1. The lowest BCUT2D eigenvalue weighted by atomic mass is 10.1. The summed E-state index contributed by atoms with van der Waals surface area (Å²) in [6.45, 7) is 2.36. The molecule has 3 aromatic rings. The average molecular weight is 310 g/mol. The molecule has 0 spiro atoms. The molecule has 2 heterocycles. The van der Waals surface area contributed by atoms with Gasteiger partial charge in [-0.15, -0.1) is 0 Å². The number of pyridine rings is 1. The maximum Gasteiger partial charge on any atom is 0.293 e. The van der Waals surface area contributed by atoms with E-state index in [0.717, 1.165) is 5.69 Å². The molecule has 3 rings (SSSR count). The molecule has 0 radical (unpaired) electrons. The first-order chi connectivity index (χ1) is 11.2. The number of halogens is 1. The summed E-state index contributed by atoms with van der Waals surface area (Å²) in [7, 11) is 0. The fourth-order valence-electron chi connectivity index (χ4n) is 2.36. The van der Waals surface area contributed by atoms with E-state index in [-0.39, 0.29) is 17.5 Å². The molecule has 0 atom stereocenters. The summed E-state index contributed by atoms with van der Waals surface area (Å²) in [4.78, 5) is 18.1. The van der Waals surface area contributed by atoms with Gasteiger partial charge in [0.05, 0.1) is 5.56 Å². The standard InChI is InChI=1S/C18H15FN2O2/c1-2-21(13-9-11-20-12-10-13)18(22)17-8-7-16(23-17)14-5-3-4-6-15(14)19/h3-12H,2H2,1H3. The van der Waals surface area contributed by atoms with E-state index in [1.54, 1.807) is 59.8 Å². The Morgan fingerprint density at radius 1 is 1.13 bits per heavy atom. The number of hydrogen-bond acceptors (Lipinski definition) is 3. The van der Waals surface area contributed by atoms with E-state index in [1.807, 2.05) is 6.92 Å². The number of benzene rings is 1. The van der Waals surface area contributed by atoms with Gasteiger partial charge >= 0.3 is 0 Å². The second-order valence-electron chi connectivity index (χ2n) is 4.90. The molecule has 1 aromatic carbocycles. The van der Waals surface area contributed by atoms with Crippen LogP contribution in [0, 0.1) is 5.82 Å². The van der Waals surface area contributed by atoms with Gasteiger partial charge in [-0.05, 0) is 43.3 Å². The van der Waals surface area contributed by atoms with Gasteiger partial charge in [0.2, 0.25) is 0 Å². The number of amides is 1. The zero-order valence-electron chi connectivity index (χ0n) is 12.6. The van der Waals surface area contributed by atoms with Crippen molar-refractivity contribution in [1.29, 1.82) is 0 Å². The van der Waals surface area contributed by atoms with E-state index >= 15 is 0 Å². The third-order valence-corrected chi connectivity index (χ3v) is 3.49. The Balaban J connectivity index is 1.91. The zero-order chi connectivity index (χ0) is 16.2. The number of nitrogens with zero attached hydrogens (tertiary/aromatic N) is 2. The molecule has 23 heavy (non-hydrogen) atoms. The van der Waals surface area contributed by atoms with Gasteiger partial charge < -0.3 is 9.32 Å². The van der Waals surface area contributed by atoms with E-state index in [4.69, 9.17) is 4.42 Å². The number of furan rings is 1. The predicted octanol–water partition coefficient (Wildman–Crippen LogP) is 4.15. The zero-order valence-corrected chi connectivity index (χ0v) is 12.6. The van der Waals surface area contributed by atoms with E-state index in [1.165, 1.54) is 6.07 Å². The number of hydrogen-bond donors (Lipinski definition) is 0. The molecule has 0 aliphatic rings. The highest BCUT2D eigenvalue weighted by Gasteiger charge is 2.20. The molecular formula is C18H15FN2O2. The van der Waals surface area contributed by atoms with Crippen LogP contribution in [0.15, 0.2) is 65.3 Å². The summed E-state index contributed by atoms with van der Waals surface area (Å²) in [6, 6.07) is 13.0. The van der Waals surface area contributed by atoms with Crippen molar-refractivity contribution in [3.8, 4) is 11.3 Å². The highest BCUT2D eigenvalue weighted by molar-refractivity contribution is 6.04. The van der Waals surface area contributed by atoms with Crippen LogP contribution in [0.2, 0.25) is 0 Å². The summed E-state index contributed by atoms with van der Waals surface area (Å²) >= 11 is 0. The number of carbonyl (C=O) groups is 1. The first-order valence-corrected chi connectivity index (χ1v) is 7.27. The first-order valence-electron chi connectivity index (χ1n) is 7.27. The lowest BCUT2D eigenvalue weighted by Crippen LogP contribution is -2.30. The largest absolute Gasteiger partial charge is 0.451 e. The van der Waals surface area contributed by atoms with Crippen LogP contribution in [0.25, 0.3) is 11.3 Å². The topological polar surface area (TPSA) is 46.3 Å². The lowest BCUT2D eigenvalue weighted by molar-refractivity contribution is 0.0962. The smallest absolute Gasteiger partial charge is 0.293 e. The monoisotopic (exact) mass is 310 g/mol. The normalized spacial score (nSPS) is 10.5. The van der Waals surface area contributed by atoms with Crippen LogP contribution in [-0.2, 0) is 0 Å². The molecular weight excluding hydrogens is 295 g/mol. The quantitative estimate of drug-likeness (QED) is 0.727. The van der Waals surface area contributed by atoms with Crippen molar-refractivity contribution in [3.05, 3.63) is 72.5 Å². The third-order valence-electron chi connectivity index (χ3n) is 3.49. The Hall–Kier alpha value is -2.95. The SMILES string of the molecule is CCN(C(=O)c1ccc(-c2ccccc2F)o1)c1ccncc1. The molecule has 5 heteroatoms. The molecule has 0 aliphatic carbocycles. The van der Waals surface area contributed by atoms with Crippen molar-refractivity contribution in [2.24, 2.45) is 0 Å². The van der Waals surface area contributed by atoms with Crippen molar-refractivity contribution in [2.75, 3.05) is 11.4 Å². The van der Waals surface area contributed by atoms with Crippen LogP contribution in [-0.4, -0.2) is 17.4 Å². The maximum absolute atomic E-state index is 13.8. The van der Waals surface area contributed by atoms with Crippen LogP contribution in [0.5, 0.6) is 0 Å². The Morgan fingerprint density at radius 3 is 2.57 bits per heavy atom. The summed E-state index contributed by atoms with van der Waals surface area (Å²) in [5, 5.41) is 0. The highest BCUT2D eigenvalue weighted by Crippen LogP contribution is 2.26. The van der Waals surface area contributed by atoms with E-state index in [9.17, 15) is 9.18 Å². The lowest BCUT2D eigenvalue weighted by Gasteiger charge is -2.19. The molecule has 1 amide bonds. The minimum absolute atomic E-state index is 0.168. The predicted molar refractivity (Wildman–Crippen MR) is 85.7 cm³/mol. The number of rotatable bonds is 4. The van der Waals surface area contributed by atoms with Gasteiger partial charge in [-0.3, -0.25) is 9.78 Å². The van der Waals surface area contributed by atoms with Crippen LogP contribution in [0.3, 0.4) is 0 Å². The molecule has 116 valence electrons. The van der Waals surface area contributed by atoms with Gasteiger partial charge in [0.15, 0.2) is 5.76 Å². The minimum atomic E-state index is -0.387. The van der Waals surface area contributed by atoms with Crippen LogP contribution < -0.4 is 4.90 Å². The second kappa shape index (κ2) is 6.44. The minimum Gasteiger partial charge on any atom is -0.451 e. The fourth-order valence-corrected chi connectivity index (χ4v) is 2.36. The van der Waals surface area contributed by atoms with Crippen LogP contribution >= 0.6 is 0 Å². The highest BCUT2D eigenvalue weighted by atomic mass is 19.1. The average Bonchev–Trinajstić information content (AvgIpc) is 3.06. The molecule has 0 aliphatic heterocycles. The van der Waals surface area contributed by atoms with Crippen molar-refractivity contribution in [2.45, 2.75) is 6.92 Å². The van der Waals surface area contributed by atoms with Crippen molar-refractivity contribution >= 4 is 11.6 Å². The van der Waals surface area contributed by atoms with Crippen molar-refractivity contribution in [1.82, 2.24) is 4.98 Å². The Labute approximate surface area is 133 Å². The molecule has 0 saturated carbocycles. The molecule has 2 aromatic heterocycles. The van der Waals surface area contributed by atoms with Gasteiger partial charge in [0.25, 0.3) is 5.91 Å². The Bertz CT molecular complexity index is 815. The van der Waals surface area contributed by atoms with Gasteiger partial charge in [0, 0.05) is 24.6 Å². The number of carbonyl (C=O) groups excluding carboxylic acids is 1. The molecule has 0 N–H and O–H groups in total. The summed E-state index contributed by atoms with van der Waals surface area (Å²) < 4.78 is 19.4. The Morgan fingerprint density at radius 2 is 1.87 bits per heavy atom. The third kappa shape index (κ3) is 2.99. The fraction of sp³-hybridized carbons (Fsp3) is 0.111.